The number of amides is 2. The van der Waals surface area contributed by atoms with Crippen molar-refractivity contribution in [3.63, 3.8) is 0 Å². The van der Waals surface area contributed by atoms with Crippen LogP contribution >= 0.6 is 0 Å². The summed E-state index contributed by atoms with van der Waals surface area (Å²) in [7, 11) is 0. The van der Waals surface area contributed by atoms with Crippen LogP contribution in [0.1, 0.15) is 35.3 Å². The number of hydrogen-bond acceptors (Lipinski definition) is 3. The van der Waals surface area contributed by atoms with Crippen molar-refractivity contribution in [3.8, 4) is 0 Å². The third-order valence-corrected chi connectivity index (χ3v) is 5.13. The van der Waals surface area contributed by atoms with E-state index >= 15 is 0 Å². The zero-order valence-corrected chi connectivity index (χ0v) is 15.8. The summed E-state index contributed by atoms with van der Waals surface area (Å²) >= 11 is 0. The number of hydrogen-bond donors (Lipinski definition) is 2. The fraction of sp³-hybridized carbons (Fsp3) is 0.364. The highest BCUT2D eigenvalue weighted by molar-refractivity contribution is 6.01. The summed E-state index contributed by atoms with van der Waals surface area (Å²) in [4.78, 5) is 27.6. The Morgan fingerprint density at radius 1 is 1.11 bits per heavy atom. The van der Waals surface area contributed by atoms with Gasteiger partial charge in [-0.25, -0.2) is 0 Å². The molecule has 2 aromatic carbocycles. The maximum Gasteiger partial charge on any atom is 0.255 e. The number of fused-ring (bicyclic) bond motifs is 1. The number of nitrogens with zero attached hydrogens (tertiary/aromatic N) is 1. The highest BCUT2D eigenvalue weighted by Crippen LogP contribution is 2.26. The van der Waals surface area contributed by atoms with Gasteiger partial charge in [-0.2, -0.15) is 0 Å². The van der Waals surface area contributed by atoms with Crippen LogP contribution in [0.3, 0.4) is 0 Å². The van der Waals surface area contributed by atoms with Gasteiger partial charge in [0, 0.05) is 18.5 Å². The van der Waals surface area contributed by atoms with Crippen molar-refractivity contribution in [2.45, 2.75) is 38.9 Å². The Labute approximate surface area is 160 Å². The second-order valence-corrected chi connectivity index (χ2v) is 7.34. The van der Waals surface area contributed by atoms with Gasteiger partial charge in [0.05, 0.1) is 12.6 Å². The van der Waals surface area contributed by atoms with Crippen LogP contribution in [0.25, 0.3) is 0 Å². The number of aliphatic hydroxyl groups excluding tert-OH is 1. The van der Waals surface area contributed by atoms with Gasteiger partial charge in [-0.3, -0.25) is 9.59 Å². The Bertz CT molecular complexity index is 804. The van der Waals surface area contributed by atoms with Gasteiger partial charge in [0.15, 0.2) is 0 Å². The molecule has 142 valence electrons. The number of rotatable bonds is 7. The summed E-state index contributed by atoms with van der Waals surface area (Å²) in [6, 6.07) is 16.2. The molecule has 5 nitrogen and oxygen atoms in total. The van der Waals surface area contributed by atoms with Gasteiger partial charge in [-0.15, -0.1) is 0 Å². The third kappa shape index (κ3) is 4.19. The summed E-state index contributed by atoms with van der Waals surface area (Å²) < 4.78 is 0. The molecule has 2 atom stereocenters. The monoisotopic (exact) mass is 366 g/mol. The maximum atomic E-state index is 13.1. The van der Waals surface area contributed by atoms with E-state index in [2.05, 4.69) is 5.32 Å². The van der Waals surface area contributed by atoms with Gasteiger partial charge in [0.1, 0.15) is 6.04 Å². The van der Waals surface area contributed by atoms with Crippen LogP contribution in [0.2, 0.25) is 0 Å². The molecule has 3 rings (SSSR count). The second-order valence-electron chi connectivity index (χ2n) is 7.34. The molecule has 2 aromatic rings. The van der Waals surface area contributed by atoms with E-state index in [1.165, 1.54) is 0 Å². The topological polar surface area (TPSA) is 69.6 Å². The van der Waals surface area contributed by atoms with E-state index in [-0.39, 0.29) is 30.4 Å². The zero-order chi connectivity index (χ0) is 19.4. The van der Waals surface area contributed by atoms with Crippen molar-refractivity contribution in [2.24, 2.45) is 5.92 Å². The second kappa shape index (κ2) is 8.35. The summed E-state index contributed by atoms with van der Waals surface area (Å²) in [5.74, 6) is -0.248. The Hall–Kier alpha value is -2.66. The lowest BCUT2D eigenvalue weighted by molar-refractivity contribution is -0.127. The molecule has 0 unspecified atom stereocenters. The lowest BCUT2D eigenvalue weighted by Crippen LogP contribution is -2.52. The molecule has 0 aromatic heterocycles. The van der Waals surface area contributed by atoms with Gasteiger partial charge in [0.2, 0.25) is 5.91 Å². The fourth-order valence-corrected chi connectivity index (χ4v) is 3.41. The van der Waals surface area contributed by atoms with Crippen LogP contribution in [-0.2, 0) is 17.8 Å². The molecular weight excluding hydrogens is 340 g/mol. The van der Waals surface area contributed by atoms with Crippen molar-refractivity contribution in [3.05, 3.63) is 71.3 Å². The highest BCUT2D eigenvalue weighted by Gasteiger charge is 2.37. The first-order valence-electron chi connectivity index (χ1n) is 9.35. The Balaban J connectivity index is 1.86. The van der Waals surface area contributed by atoms with E-state index in [4.69, 9.17) is 0 Å². The Morgan fingerprint density at radius 3 is 2.41 bits per heavy atom. The van der Waals surface area contributed by atoms with Gasteiger partial charge < -0.3 is 15.3 Å². The molecule has 0 bridgehead atoms. The van der Waals surface area contributed by atoms with E-state index in [0.29, 0.717) is 18.5 Å². The van der Waals surface area contributed by atoms with E-state index in [9.17, 15) is 14.7 Å². The summed E-state index contributed by atoms with van der Waals surface area (Å²) in [5.41, 5.74) is 2.59. The molecule has 1 aliphatic rings. The normalized spacial score (nSPS) is 15.6. The molecule has 5 heteroatoms. The van der Waals surface area contributed by atoms with Gasteiger partial charge in [-0.05, 0) is 23.1 Å². The average Bonchev–Trinajstić information content (AvgIpc) is 3.01. The first kappa shape index (κ1) is 19.1. The maximum absolute atomic E-state index is 13.1. The van der Waals surface area contributed by atoms with E-state index in [1.807, 2.05) is 62.4 Å². The molecular formula is C22H26N2O3. The van der Waals surface area contributed by atoms with Crippen LogP contribution in [0.4, 0.5) is 0 Å². The minimum atomic E-state index is -0.625. The van der Waals surface area contributed by atoms with Crippen molar-refractivity contribution in [2.75, 3.05) is 6.61 Å². The van der Waals surface area contributed by atoms with E-state index < -0.39 is 6.04 Å². The molecule has 2 N–H and O–H groups in total. The number of aliphatic hydroxyl groups is 1. The quantitative estimate of drug-likeness (QED) is 0.790. The largest absolute Gasteiger partial charge is 0.394 e. The Kier molecular flexibility index (Phi) is 5.91. The average molecular weight is 366 g/mol. The first-order valence-corrected chi connectivity index (χ1v) is 9.35. The number of carbonyl (C=O) groups excluding carboxylic acids is 2. The predicted octanol–water partition coefficient (Wildman–Crippen LogP) is 2.39. The van der Waals surface area contributed by atoms with Crippen LogP contribution in [0, 0.1) is 5.92 Å². The molecule has 0 radical (unpaired) electrons. The van der Waals surface area contributed by atoms with Crippen LogP contribution in [-0.4, -0.2) is 40.5 Å². The lowest BCUT2D eigenvalue weighted by atomic mass is 10.0. The summed E-state index contributed by atoms with van der Waals surface area (Å²) in [6.45, 7) is 4.19. The Morgan fingerprint density at radius 2 is 1.78 bits per heavy atom. The van der Waals surface area contributed by atoms with Crippen molar-refractivity contribution in [1.82, 2.24) is 10.2 Å². The lowest BCUT2D eigenvalue weighted by Gasteiger charge is -2.30. The summed E-state index contributed by atoms with van der Waals surface area (Å²) in [5, 5.41) is 12.5. The van der Waals surface area contributed by atoms with Crippen LogP contribution in [0.5, 0.6) is 0 Å². The van der Waals surface area contributed by atoms with Gasteiger partial charge in [-0.1, -0.05) is 62.4 Å². The van der Waals surface area contributed by atoms with Crippen molar-refractivity contribution in [1.29, 1.82) is 0 Å². The molecule has 0 aliphatic carbocycles. The third-order valence-electron chi connectivity index (χ3n) is 5.13. The number of benzene rings is 2. The van der Waals surface area contributed by atoms with Crippen molar-refractivity contribution < 1.29 is 14.7 Å². The van der Waals surface area contributed by atoms with Crippen molar-refractivity contribution >= 4 is 11.8 Å². The molecule has 0 saturated heterocycles. The minimum absolute atomic E-state index is 0.0998. The predicted molar refractivity (Wildman–Crippen MR) is 104 cm³/mol. The fourth-order valence-electron chi connectivity index (χ4n) is 3.41. The van der Waals surface area contributed by atoms with Crippen LogP contribution in [0.15, 0.2) is 54.6 Å². The SMILES string of the molecule is CC(C)[C@@H](CO)NC(=O)[C@H](Cc1ccccc1)N1Cc2ccccc2C1=O. The van der Waals surface area contributed by atoms with Crippen LogP contribution < -0.4 is 5.32 Å². The van der Waals surface area contributed by atoms with Gasteiger partial charge >= 0.3 is 0 Å². The summed E-state index contributed by atoms with van der Waals surface area (Å²) in [6.07, 6.45) is 0.433. The number of carbonyl (C=O) groups is 2. The van der Waals surface area contributed by atoms with E-state index in [0.717, 1.165) is 11.1 Å². The molecule has 27 heavy (non-hydrogen) atoms. The van der Waals surface area contributed by atoms with Gasteiger partial charge in [0.25, 0.3) is 5.91 Å². The highest BCUT2D eigenvalue weighted by atomic mass is 16.3. The number of nitrogens with one attached hydrogen (secondary N) is 1. The van der Waals surface area contributed by atoms with E-state index in [1.54, 1.807) is 11.0 Å². The molecule has 0 fully saturated rings. The molecule has 1 aliphatic heterocycles. The first-order chi connectivity index (χ1) is 13.0. The standard InChI is InChI=1S/C22H26N2O3/c1-15(2)19(14-25)23-21(26)20(12-16-8-4-3-5-9-16)24-13-17-10-6-7-11-18(17)22(24)27/h3-11,15,19-20,25H,12-14H2,1-2H3,(H,23,26)/t19-,20+/m1/s1. The molecule has 1 heterocycles. The molecule has 0 saturated carbocycles. The molecule has 2 amide bonds. The zero-order valence-electron chi connectivity index (χ0n) is 15.8. The minimum Gasteiger partial charge on any atom is -0.394 e. The smallest absolute Gasteiger partial charge is 0.255 e. The molecule has 0 spiro atoms.